The number of amides is 1. The number of ether oxygens (including phenoxy) is 1. The first kappa shape index (κ1) is 20.9. The first-order chi connectivity index (χ1) is 14.9. The summed E-state index contributed by atoms with van der Waals surface area (Å²) in [6.45, 7) is 0.378. The highest BCUT2D eigenvalue weighted by Crippen LogP contribution is 2.34. The summed E-state index contributed by atoms with van der Waals surface area (Å²) in [5.74, 6) is -0.193. The average molecular weight is 440 g/mol. The summed E-state index contributed by atoms with van der Waals surface area (Å²) >= 11 is 0. The van der Waals surface area contributed by atoms with Crippen LogP contribution in [0.4, 0.5) is 15.8 Å². The maximum absolute atomic E-state index is 13.2. The highest BCUT2D eigenvalue weighted by Gasteiger charge is 2.29. The lowest BCUT2D eigenvalue weighted by molar-refractivity contribution is 0.102. The molecule has 0 aliphatic carbocycles. The van der Waals surface area contributed by atoms with Crippen LogP contribution in [0.3, 0.4) is 0 Å². The first-order valence-corrected chi connectivity index (χ1v) is 11.2. The van der Waals surface area contributed by atoms with E-state index in [2.05, 4.69) is 5.32 Å². The standard InChI is InChI=1S/C23H21FN2O4S/c1-30-20-9-11-21(12-10-20)31(28,29)26-14-2-3-17-15-19(8-13-22(17)26)25-23(27)16-4-6-18(24)7-5-16/h4-13,15H,2-3,14H2,1H3,(H,25,27). The minimum absolute atomic E-state index is 0.190. The molecule has 1 aliphatic heterocycles. The molecule has 8 heteroatoms. The molecule has 1 aliphatic rings. The Hall–Kier alpha value is -3.39. The molecule has 0 saturated carbocycles. The average Bonchev–Trinajstić information content (AvgIpc) is 2.79. The third-order valence-electron chi connectivity index (χ3n) is 5.17. The molecule has 0 spiro atoms. The lowest BCUT2D eigenvalue weighted by Gasteiger charge is -2.31. The Balaban J connectivity index is 1.59. The van der Waals surface area contributed by atoms with E-state index in [1.807, 2.05) is 0 Å². The Morgan fingerprint density at radius 1 is 1.03 bits per heavy atom. The molecule has 1 N–H and O–H groups in total. The van der Waals surface area contributed by atoms with Crippen LogP contribution in [0, 0.1) is 5.82 Å². The van der Waals surface area contributed by atoms with Gasteiger partial charge in [0.1, 0.15) is 11.6 Å². The molecule has 31 heavy (non-hydrogen) atoms. The Morgan fingerprint density at radius 3 is 2.42 bits per heavy atom. The molecule has 1 amide bonds. The fourth-order valence-corrected chi connectivity index (χ4v) is 5.11. The lowest BCUT2D eigenvalue weighted by Crippen LogP contribution is -2.35. The van der Waals surface area contributed by atoms with Crippen molar-refractivity contribution in [3.63, 3.8) is 0 Å². The number of carbonyl (C=O) groups is 1. The molecule has 0 fully saturated rings. The Labute approximate surface area is 180 Å². The van der Waals surface area contributed by atoms with Crippen molar-refractivity contribution in [2.75, 3.05) is 23.3 Å². The molecule has 0 unspecified atom stereocenters. The van der Waals surface area contributed by atoms with Crippen molar-refractivity contribution in [2.45, 2.75) is 17.7 Å². The third kappa shape index (κ3) is 4.25. The van der Waals surface area contributed by atoms with Crippen LogP contribution in [-0.4, -0.2) is 28.0 Å². The van der Waals surface area contributed by atoms with E-state index < -0.39 is 15.8 Å². The smallest absolute Gasteiger partial charge is 0.264 e. The van der Waals surface area contributed by atoms with Gasteiger partial charge in [-0.1, -0.05) is 0 Å². The molecule has 4 rings (SSSR count). The summed E-state index contributed by atoms with van der Waals surface area (Å²) in [6.07, 6.45) is 1.36. The van der Waals surface area contributed by atoms with E-state index in [1.165, 1.54) is 47.8 Å². The van der Waals surface area contributed by atoms with Gasteiger partial charge in [-0.15, -0.1) is 0 Å². The van der Waals surface area contributed by atoms with Crippen LogP contribution in [-0.2, 0) is 16.4 Å². The van der Waals surface area contributed by atoms with Crippen LogP contribution in [0.5, 0.6) is 5.75 Å². The van der Waals surface area contributed by atoms with Gasteiger partial charge in [0.25, 0.3) is 15.9 Å². The number of aryl methyl sites for hydroxylation is 1. The molecule has 1 heterocycles. The Bertz CT molecular complexity index is 1210. The summed E-state index contributed by atoms with van der Waals surface area (Å²) in [4.78, 5) is 12.6. The van der Waals surface area contributed by atoms with Gasteiger partial charge in [-0.05, 0) is 85.1 Å². The van der Waals surface area contributed by atoms with Gasteiger partial charge in [0.2, 0.25) is 0 Å². The largest absolute Gasteiger partial charge is 0.497 e. The molecular weight excluding hydrogens is 419 g/mol. The van der Waals surface area contributed by atoms with E-state index >= 15 is 0 Å². The van der Waals surface area contributed by atoms with E-state index in [4.69, 9.17) is 4.74 Å². The molecule has 3 aromatic carbocycles. The SMILES string of the molecule is COc1ccc(S(=O)(=O)N2CCCc3cc(NC(=O)c4ccc(F)cc4)ccc32)cc1. The third-order valence-corrected chi connectivity index (χ3v) is 6.99. The van der Waals surface area contributed by atoms with Crippen molar-refractivity contribution >= 4 is 27.3 Å². The molecule has 160 valence electrons. The number of nitrogens with one attached hydrogen (secondary N) is 1. The summed E-state index contributed by atoms with van der Waals surface area (Å²) in [6, 6.07) is 16.7. The van der Waals surface area contributed by atoms with Crippen molar-refractivity contribution in [2.24, 2.45) is 0 Å². The minimum Gasteiger partial charge on any atom is -0.497 e. The van der Waals surface area contributed by atoms with Gasteiger partial charge in [-0.25, -0.2) is 12.8 Å². The van der Waals surface area contributed by atoms with Gasteiger partial charge in [0, 0.05) is 17.8 Å². The van der Waals surface area contributed by atoms with Gasteiger partial charge >= 0.3 is 0 Å². The Kier molecular flexibility index (Phi) is 5.65. The maximum Gasteiger partial charge on any atom is 0.264 e. The van der Waals surface area contributed by atoms with E-state index in [0.717, 1.165) is 5.56 Å². The molecule has 6 nitrogen and oxygen atoms in total. The second-order valence-electron chi connectivity index (χ2n) is 7.16. The predicted octanol–water partition coefficient (Wildman–Crippen LogP) is 4.23. The zero-order chi connectivity index (χ0) is 22.0. The number of fused-ring (bicyclic) bond motifs is 1. The van der Waals surface area contributed by atoms with Gasteiger partial charge in [0.05, 0.1) is 17.7 Å². The molecule has 3 aromatic rings. The zero-order valence-corrected chi connectivity index (χ0v) is 17.7. The van der Waals surface area contributed by atoms with E-state index in [1.54, 1.807) is 30.3 Å². The van der Waals surface area contributed by atoms with Crippen LogP contribution in [0.25, 0.3) is 0 Å². The number of anilines is 2. The molecule has 0 radical (unpaired) electrons. The summed E-state index contributed by atoms with van der Waals surface area (Å²) in [5, 5.41) is 2.78. The predicted molar refractivity (Wildman–Crippen MR) is 117 cm³/mol. The van der Waals surface area contributed by atoms with Crippen LogP contribution < -0.4 is 14.4 Å². The monoisotopic (exact) mass is 440 g/mol. The molecule has 0 aromatic heterocycles. The normalized spacial score (nSPS) is 13.4. The fourth-order valence-electron chi connectivity index (χ4n) is 3.57. The van der Waals surface area contributed by atoms with Crippen LogP contribution >= 0.6 is 0 Å². The number of methoxy groups -OCH3 is 1. The molecule has 0 atom stereocenters. The summed E-state index contributed by atoms with van der Waals surface area (Å²) in [7, 11) is -2.20. The first-order valence-electron chi connectivity index (χ1n) is 9.75. The number of rotatable bonds is 5. The molecule has 0 bridgehead atoms. The fraction of sp³-hybridized carbons (Fsp3) is 0.174. The number of carbonyl (C=O) groups excluding carboxylic acids is 1. The topological polar surface area (TPSA) is 75.7 Å². The number of sulfonamides is 1. The number of benzene rings is 3. The number of halogens is 1. The van der Waals surface area contributed by atoms with Crippen LogP contribution in [0.15, 0.2) is 71.6 Å². The number of hydrogen-bond acceptors (Lipinski definition) is 4. The van der Waals surface area contributed by atoms with E-state index in [9.17, 15) is 17.6 Å². The van der Waals surface area contributed by atoms with E-state index in [0.29, 0.717) is 42.1 Å². The zero-order valence-electron chi connectivity index (χ0n) is 16.8. The van der Waals surface area contributed by atoms with Crippen molar-refractivity contribution in [3.05, 3.63) is 83.7 Å². The van der Waals surface area contributed by atoms with E-state index in [-0.39, 0.29) is 10.8 Å². The van der Waals surface area contributed by atoms with Crippen molar-refractivity contribution in [1.82, 2.24) is 0 Å². The van der Waals surface area contributed by atoms with Crippen LogP contribution in [0.2, 0.25) is 0 Å². The maximum atomic E-state index is 13.2. The van der Waals surface area contributed by atoms with Crippen molar-refractivity contribution in [3.8, 4) is 5.75 Å². The number of hydrogen-bond donors (Lipinski definition) is 1. The quantitative estimate of drug-likeness (QED) is 0.644. The van der Waals surface area contributed by atoms with Crippen molar-refractivity contribution in [1.29, 1.82) is 0 Å². The summed E-state index contributed by atoms with van der Waals surface area (Å²) in [5.41, 5.74) is 2.32. The second kappa shape index (κ2) is 8.39. The van der Waals surface area contributed by atoms with Gasteiger partial charge < -0.3 is 10.1 Å². The molecular formula is C23H21FN2O4S. The van der Waals surface area contributed by atoms with Gasteiger partial charge in [-0.2, -0.15) is 0 Å². The highest BCUT2D eigenvalue weighted by molar-refractivity contribution is 7.92. The Morgan fingerprint density at radius 2 is 1.74 bits per heavy atom. The van der Waals surface area contributed by atoms with Crippen molar-refractivity contribution < 1.29 is 22.3 Å². The lowest BCUT2D eigenvalue weighted by atomic mass is 10.0. The number of nitrogens with zero attached hydrogens (tertiary/aromatic N) is 1. The van der Waals surface area contributed by atoms with Crippen LogP contribution in [0.1, 0.15) is 22.3 Å². The summed E-state index contributed by atoms with van der Waals surface area (Å²) < 4.78 is 46.0. The second-order valence-corrected chi connectivity index (χ2v) is 9.02. The molecule has 0 saturated heterocycles. The van der Waals surface area contributed by atoms with Gasteiger partial charge in [0.15, 0.2) is 0 Å². The minimum atomic E-state index is -3.73. The highest BCUT2D eigenvalue weighted by atomic mass is 32.2. The van der Waals surface area contributed by atoms with Gasteiger partial charge in [-0.3, -0.25) is 9.10 Å².